The summed E-state index contributed by atoms with van der Waals surface area (Å²) in [5.74, 6) is -0.0331. The molecular formula is C12H18N2O2. The van der Waals surface area contributed by atoms with Crippen molar-refractivity contribution >= 4 is 17.2 Å². The summed E-state index contributed by atoms with van der Waals surface area (Å²) in [7, 11) is 0. The number of nitrogens with zero attached hydrogens (tertiary/aromatic N) is 1. The van der Waals surface area contributed by atoms with Crippen molar-refractivity contribution in [2.75, 3.05) is 30.3 Å². The van der Waals surface area contributed by atoms with E-state index in [2.05, 4.69) is 0 Å². The Hall–Kier alpha value is -1.55. The Morgan fingerprint density at radius 1 is 1.50 bits per heavy atom. The SMILES string of the molecule is CCN(CCO)c1ccc(C(C)=O)c(N)c1. The average molecular weight is 222 g/mol. The summed E-state index contributed by atoms with van der Waals surface area (Å²) in [6.45, 7) is 4.96. The summed E-state index contributed by atoms with van der Waals surface area (Å²) in [5, 5.41) is 8.91. The molecule has 4 heteroatoms. The monoisotopic (exact) mass is 222 g/mol. The van der Waals surface area contributed by atoms with Crippen molar-refractivity contribution in [2.45, 2.75) is 13.8 Å². The van der Waals surface area contributed by atoms with E-state index in [1.165, 1.54) is 6.92 Å². The van der Waals surface area contributed by atoms with Crippen molar-refractivity contribution in [3.05, 3.63) is 23.8 Å². The molecule has 0 atom stereocenters. The van der Waals surface area contributed by atoms with Crippen molar-refractivity contribution in [2.24, 2.45) is 0 Å². The maximum atomic E-state index is 11.2. The van der Waals surface area contributed by atoms with Crippen molar-refractivity contribution in [3.8, 4) is 0 Å². The Labute approximate surface area is 95.7 Å². The van der Waals surface area contributed by atoms with Gasteiger partial charge in [-0.3, -0.25) is 4.79 Å². The van der Waals surface area contributed by atoms with Gasteiger partial charge in [-0.25, -0.2) is 0 Å². The van der Waals surface area contributed by atoms with Gasteiger partial charge in [0.2, 0.25) is 0 Å². The number of hydrogen-bond acceptors (Lipinski definition) is 4. The van der Waals surface area contributed by atoms with Gasteiger partial charge in [-0.05, 0) is 32.0 Å². The normalized spacial score (nSPS) is 10.2. The van der Waals surface area contributed by atoms with Gasteiger partial charge in [-0.1, -0.05) is 0 Å². The molecule has 0 bridgehead atoms. The maximum Gasteiger partial charge on any atom is 0.161 e. The topological polar surface area (TPSA) is 66.6 Å². The molecule has 0 radical (unpaired) electrons. The largest absolute Gasteiger partial charge is 0.398 e. The first-order valence-electron chi connectivity index (χ1n) is 5.36. The number of carbonyl (C=O) groups excluding carboxylic acids is 1. The van der Waals surface area contributed by atoms with Crippen LogP contribution in [-0.2, 0) is 0 Å². The number of nitrogen functional groups attached to an aromatic ring is 1. The van der Waals surface area contributed by atoms with Gasteiger partial charge in [-0.2, -0.15) is 0 Å². The molecular weight excluding hydrogens is 204 g/mol. The highest BCUT2D eigenvalue weighted by atomic mass is 16.3. The predicted octanol–water partition coefficient (Wildman–Crippen LogP) is 1.29. The highest BCUT2D eigenvalue weighted by Gasteiger charge is 2.08. The van der Waals surface area contributed by atoms with Crippen LogP contribution in [0.25, 0.3) is 0 Å². The zero-order valence-electron chi connectivity index (χ0n) is 9.73. The number of likely N-dealkylation sites (N-methyl/N-ethyl adjacent to an activating group) is 1. The Morgan fingerprint density at radius 2 is 2.19 bits per heavy atom. The number of nitrogens with two attached hydrogens (primary N) is 1. The molecule has 0 aliphatic heterocycles. The number of aliphatic hydroxyl groups is 1. The zero-order chi connectivity index (χ0) is 12.1. The van der Waals surface area contributed by atoms with Gasteiger partial charge >= 0.3 is 0 Å². The van der Waals surface area contributed by atoms with E-state index in [-0.39, 0.29) is 12.4 Å². The van der Waals surface area contributed by atoms with E-state index >= 15 is 0 Å². The number of rotatable bonds is 5. The van der Waals surface area contributed by atoms with Crippen LogP contribution in [0.3, 0.4) is 0 Å². The van der Waals surface area contributed by atoms with E-state index in [9.17, 15) is 4.79 Å². The molecule has 1 rings (SSSR count). The van der Waals surface area contributed by atoms with Gasteiger partial charge in [0.1, 0.15) is 0 Å². The Bertz CT molecular complexity index is 377. The predicted molar refractivity (Wildman–Crippen MR) is 65.8 cm³/mol. The number of hydrogen-bond donors (Lipinski definition) is 2. The molecule has 0 spiro atoms. The van der Waals surface area contributed by atoms with Crippen molar-refractivity contribution in [1.29, 1.82) is 0 Å². The van der Waals surface area contributed by atoms with Crippen LogP contribution in [0.2, 0.25) is 0 Å². The van der Waals surface area contributed by atoms with Crippen LogP contribution in [0, 0.1) is 0 Å². The molecule has 0 saturated heterocycles. The van der Waals surface area contributed by atoms with Gasteiger partial charge in [0, 0.05) is 30.0 Å². The summed E-state index contributed by atoms with van der Waals surface area (Å²) in [5.41, 5.74) is 7.76. The minimum absolute atomic E-state index is 0.0331. The second-order valence-corrected chi connectivity index (χ2v) is 3.63. The van der Waals surface area contributed by atoms with Crippen LogP contribution in [0.15, 0.2) is 18.2 Å². The number of aliphatic hydroxyl groups excluding tert-OH is 1. The molecule has 0 aliphatic rings. The molecule has 0 heterocycles. The molecule has 88 valence electrons. The molecule has 0 aromatic heterocycles. The average Bonchev–Trinajstić information content (AvgIpc) is 2.25. The van der Waals surface area contributed by atoms with E-state index in [0.29, 0.717) is 17.8 Å². The summed E-state index contributed by atoms with van der Waals surface area (Å²) in [6, 6.07) is 5.36. The fourth-order valence-electron chi connectivity index (χ4n) is 1.66. The second-order valence-electron chi connectivity index (χ2n) is 3.63. The van der Waals surface area contributed by atoms with Gasteiger partial charge in [-0.15, -0.1) is 0 Å². The number of ketones is 1. The molecule has 0 amide bonds. The molecule has 0 unspecified atom stereocenters. The summed E-state index contributed by atoms with van der Waals surface area (Å²) in [6.07, 6.45) is 0. The number of anilines is 2. The molecule has 0 fully saturated rings. The minimum atomic E-state index is -0.0331. The van der Waals surface area contributed by atoms with E-state index in [1.54, 1.807) is 12.1 Å². The molecule has 4 nitrogen and oxygen atoms in total. The first-order chi connectivity index (χ1) is 7.60. The van der Waals surface area contributed by atoms with E-state index in [1.807, 2.05) is 17.9 Å². The van der Waals surface area contributed by atoms with Crippen LogP contribution in [-0.4, -0.2) is 30.6 Å². The van der Waals surface area contributed by atoms with E-state index in [0.717, 1.165) is 12.2 Å². The van der Waals surface area contributed by atoms with E-state index in [4.69, 9.17) is 10.8 Å². The highest BCUT2D eigenvalue weighted by Crippen LogP contribution is 2.21. The van der Waals surface area contributed by atoms with Gasteiger partial charge in [0.15, 0.2) is 5.78 Å². The lowest BCUT2D eigenvalue weighted by atomic mass is 10.1. The van der Waals surface area contributed by atoms with Crippen LogP contribution in [0.4, 0.5) is 11.4 Å². The third-order valence-electron chi connectivity index (χ3n) is 2.53. The Balaban J connectivity index is 2.99. The van der Waals surface area contributed by atoms with Crippen LogP contribution < -0.4 is 10.6 Å². The van der Waals surface area contributed by atoms with Crippen LogP contribution in [0.1, 0.15) is 24.2 Å². The standard InChI is InChI=1S/C12H18N2O2/c1-3-14(6-7-15)10-4-5-11(9(2)16)12(13)8-10/h4-5,8,15H,3,6-7,13H2,1-2H3. The molecule has 0 aliphatic carbocycles. The van der Waals surface area contributed by atoms with Crippen molar-refractivity contribution in [3.63, 3.8) is 0 Å². The number of benzene rings is 1. The summed E-state index contributed by atoms with van der Waals surface area (Å²) >= 11 is 0. The van der Waals surface area contributed by atoms with Crippen molar-refractivity contribution in [1.82, 2.24) is 0 Å². The Kier molecular flexibility index (Phi) is 4.31. The van der Waals surface area contributed by atoms with Gasteiger partial charge < -0.3 is 15.7 Å². The molecule has 1 aromatic carbocycles. The number of Topliss-reactive ketones (excluding diaryl/α,β-unsaturated/α-hetero) is 1. The van der Waals surface area contributed by atoms with Gasteiger partial charge in [0.05, 0.1) is 6.61 Å². The lowest BCUT2D eigenvalue weighted by Gasteiger charge is -2.22. The number of carbonyl (C=O) groups is 1. The third-order valence-corrected chi connectivity index (χ3v) is 2.53. The zero-order valence-corrected chi connectivity index (χ0v) is 9.73. The fraction of sp³-hybridized carbons (Fsp3) is 0.417. The smallest absolute Gasteiger partial charge is 0.161 e. The first kappa shape index (κ1) is 12.5. The maximum absolute atomic E-state index is 11.2. The first-order valence-corrected chi connectivity index (χ1v) is 5.36. The van der Waals surface area contributed by atoms with Gasteiger partial charge in [0.25, 0.3) is 0 Å². The molecule has 3 N–H and O–H groups in total. The molecule has 16 heavy (non-hydrogen) atoms. The lowest BCUT2D eigenvalue weighted by molar-refractivity contribution is 0.101. The van der Waals surface area contributed by atoms with Crippen LogP contribution >= 0.6 is 0 Å². The van der Waals surface area contributed by atoms with E-state index < -0.39 is 0 Å². The summed E-state index contributed by atoms with van der Waals surface area (Å²) < 4.78 is 0. The molecule has 0 saturated carbocycles. The Morgan fingerprint density at radius 3 is 2.62 bits per heavy atom. The van der Waals surface area contributed by atoms with Crippen molar-refractivity contribution < 1.29 is 9.90 Å². The third kappa shape index (κ3) is 2.73. The quantitative estimate of drug-likeness (QED) is 0.582. The minimum Gasteiger partial charge on any atom is -0.398 e. The lowest BCUT2D eigenvalue weighted by Crippen LogP contribution is -2.26. The summed E-state index contributed by atoms with van der Waals surface area (Å²) in [4.78, 5) is 13.2. The second kappa shape index (κ2) is 5.51. The molecule has 1 aromatic rings. The highest BCUT2D eigenvalue weighted by molar-refractivity contribution is 5.99. The fourth-order valence-corrected chi connectivity index (χ4v) is 1.66. The van der Waals surface area contributed by atoms with Crippen LogP contribution in [0.5, 0.6) is 0 Å².